The molecule has 20 heavy (non-hydrogen) atoms. The highest BCUT2D eigenvalue weighted by Gasteiger charge is 2.24. The number of amides is 1. The molecule has 1 saturated heterocycles. The first kappa shape index (κ1) is 14.8. The summed E-state index contributed by atoms with van der Waals surface area (Å²) in [5.41, 5.74) is 6.85. The van der Waals surface area contributed by atoms with Crippen LogP contribution in [0.1, 0.15) is 31.4 Å². The zero-order valence-corrected chi connectivity index (χ0v) is 12.0. The van der Waals surface area contributed by atoms with Gasteiger partial charge in [0.1, 0.15) is 5.82 Å². The number of halogens is 1. The highest BCUT2D eigenvalue weighted by atomic mass is 19.1. The summed E-state index contributed by atoms with van der Waals surface area (Å²) in [5, 5.41) is 3.09. The summed E-state index contributed by atoms with van der Waals surface area (Å²) in [6.07, 6.45) is 1.40. The fraction of sp³-hybridized carbons (Fsp3) is 0.533. The van der Waals surface area contributed by atoms with E-state index in [-0.39, 0.29) is 23.7 Å². The molecule has 1 heterocycles. The molecule has 1 fully saturated rings. The third kappa shape index (κ3) is 3.10. The Kier molecular flexibility index (Phi) is 4.60. The van der Waals surface area contributed by atoms with Gasteiger partial charge < -0.3 is 16.0 Å². The van der Waals surface area contributed by atoms with E-state index in [1.807, 2.05) is 31.0 Å². The van der Waals surface area contributed by atoms with Gasteiger partial charge in [0.15, 0.2) is 0 Å². The highest BCUT2D eigenvalue weighted by Crippen LogP contribution is 2.27. The lowest BCUT2D eigenvalue weighted by atomic mass is 9.95. The van der Waals surface area contributed by atoms with Crippen LogP contribution in [0.2, 0.25) is 0 Å². The van der Waals surface area contributed by atoms with Gasteiger partial charge in [-0.15, -0.1) is 0 Å². The van der Waals surface area contributed by atoms with E-state index >= 15 is 0 Å². The summed E-state index contributed by atoms with van der Waals surface area (Å²) in [4.78, 5) is 13.1. The van der Waals surface area contributed by atoms with Crippen molar-refractivity contribution < 1.29 is 9.18 Å². The Balaban J connectivity index is 2.09. The molecule has 1 unspecified atom stereocenters. The van der Waals surface area contributed by atoms with E-state index in [2.05, 4.69) is 5.32 Å². The molecular weight excluding hydrogens is 257 g/mol. The van der Waals surface area contributed by atoms with Crippen LogP contribution in [-0.4, -0.2) is 26.0 Å². The van der Waals surface area contributed by atoms with Crippen molar-refractivity contribution in [1.29, 1.82) is 0 Å². The number of primary amides is 1. The van der Waals surface area contributed by atoms with Crippen molar-refractivity contribution in [3.8, 4) is 0 Å². The van der Waals surface area contributed by atoms with Gasteiger partial charge in [-0.05, 0) is 44.5 Å². The lowest BCUT2D eigenvalue weighted by Gasteiger charge is -2.32. The smallest absolute Gasteiger partial charge is 0.220 e. The molecule has 110 valence electrons. The van der Waals surface area contributed by atoms with Gasteiger partial charge >= 0.3 is 0 Å². The normalized spacial score (nSPS) is 18.1. The minimum atomic E-state index is -0.247. The molecule has 0 aromatic heterocycles. The Morgan fingerprint density at radius 1 is 1.45 bits per heavy atom. The van der Waals surface area contributed by atoms with Crippen LogP contribution in [0.3, 0.4) is 0 Å². The molecule has 0 aliphatic carbocycles. The summed E-state index contributed by atoms with van der Waals surface area (Å²) in [6, 6.07) is 5.47. The van der Waals surface area contributed by atoms with Crippen LogP contribution in [0, 0.1) is 11.7 Å². The monoisotopic (exact) mass is 279 g/mol. The number of carbonyl (C=O) groups is 1. The Bertz CT molecular complexity index is 484. The van der Waals surface area contributed by atoms with E-state index in [9.17, 15) is 9.18 Å². The van der Waals surface area contributed by atoms with Crippen LogP contribution in [-0.2, 0) is 4.79 Å². The number of rotatable bonds is 4. The minimum Gasteiger partial charge on any atom is -0.369 e. The van der Waals surface area contributed by atoms with E-state index in [4.69, 9.17) is 5.73 Å². The number of nitrogens with one attached hydrogen (secondary N) is 1. The standard InChI is InChI=1S/C15H22FN3O/c1-10(18-2)12-3-4-14(13(16)9-12)19-7-5-11(6-8-19)15(17)20/h3-4,9-11,18H,5-8H2,1-2H3,(H2,17,20). The van der Waals surface area contributed by atoms with Gasteiger partial charge in [-0.3, -0.25) is 4.79 Å². The van der Waals surface area contributed by atoms with Crippen molar-refractivity contribution in [2.24, 2.45) is 11.7 Å². The maximum Gasteiger partial charge on any atom is 0.220 e. The Morgan fingerprint density at radius 3 is 2.60 bits per heavy atom. The summed E-state index contributed by atoms with van der Waals surface area (Å²) < 4.78 is 14.2. The molecular formula is C15H22FN3O. The van der Waals surface area contributed by atoms with Gasteiger partial charge in [-0.25, -0.2) is 4.39 Å². The molecule has 0 radical (unpaired) electrons. The van der Waals surface area contributed by atoms with Gasteiger partial charge in [-0.1, -0.05) is 6.07 Å². The summed E-state index contributed by atoms with van der Waals surface area (Å²) in [7, 11) is 1.85. The first-order valence-corrected chi connectivity index (χ1v) is 7.04. The van der Waals surface area contributed by atoms with Gasteiger partial charge in [0, 0.05) is 25.0 Å². The summed E-state index contributed by atoms with van der Waals surface area (Å²) >= 11 is 0. The quantitative estimate of drug-likeness (QED) is 0.883. The minimum absolute atomic E-state index is 0.0714. The van der Waals surface area contributed by atoms with E-state index in [0.717, 1.165) is 5.56 Å². The maximum atomic E-state index is 14.2. The topological polar surface area (TPSA) is 58.4 Å². The predicted molar refractivity (Wildman–Crippen MR) is 78.0 cm³/mol. The number of anilines is 1. The summed E-state index contributed by atoms with van der Waals surface area (Å²) in [6.45, 7) is 3.34. The zero-order chi connectivity index (χ0) is 14.7. The van der Waals surface area contributed by atoms with Gasteiger partial charge in [0.25, 0.3) is 0 Å². The molecule has 4 nitrogen and oxygen atoms in total. The van der Waals surface area contributed by atoms with Crippen molar-refractivity contribution in [2.45, 2.75) is 25.8 Å². The fourth-order valence-corrected chi connectivity index (χ4v) is 2.62. The lowest BCUT2D eigenvalue weighted by Crippen LogP contribution is -2.38. The molecule has 2 rings (SSSR count). The van der Waals surface area contributed by atoms with Crippen molar-refractivity contribution >= 4 is 11.6 Å². The van der Waals surface area contributed by atoms with E-state index < -0.39 is 0 Å². The number of carbonyl (C=O) groups excluding carboxylic acids is 1. The molecule has 0 saturated carbocycles. The largest absolute Gasteiger partial charge is 0.369 e. The van der Waals surface area contributed by atoms with Crippen LogP contribution in [0.4, 0.5) is 10.1 Å². The number of hydrogen-bond acceptors (Lipinski definition) is 3. The molecule has 5 heteroatoms. The second kappa shape index (κ2) is 6.22. The number of hydrogen-bond donors (Lipinski definition) is 2. The molecule has 1 atom stereocenters. The highest BCUT2D eigenvalue weighted by molar-refractivity contribution is 5.77. The molecule has 1 aliphatic heterocycles. The number of nitrogens with zero attached hydrogens (tertiary/aromatic N) is 1. The predicted octanol–water partition coefficient (Wildman–Crippen LogP) is 1.81. The third-order valence-corrected chi connectivity index (χ3v) is 4.14. The van der Waals surface area contributed by atoms with E-state index in [1.54, 1.807) is 6.07 Å². The fourth-order valence-electron chi connectivity index (χ4n) is 2.62. The molecule has 1 aromatic rings. The molecule has 3 N–H and O–H groups in total. The first-order valence-electron chi connectivity index (χ1n) is 7.04. The van der Waals surface area contributed by atoms with Crippen LogP contribution >= 0.6 is 0 Å². The zero-order valence-electron chi connectivity index (χ0n) is 12.0. The van der Waals surface area contributed by atoms with Crippen molar-refractivity contribution in [3.63, 3.8) is 0 Å². The molecule has 0 bridgehead atoms. The van der Waals surface area contributed by atoms with Gasteiger partial charge in [-0.2, -0.15) is 0 Å². The molecule has 1 aliphatic rings. The second-order valence-electron chi connectivity index (χ2n) is 5.38. The second-order valence-corrected chi connectivity index (χ2v) is 5.38. The Hall–Kier alpha value is -1.62. The average Bonchev–Trinajstić information content (AvgIpc) is 2.46. The number of benzene rings is 1. The van der Waals surface area contributed by atoms with Crippen LogP contribution in [0.5, 0.6) is 0 Å². The first-order chi connectivity index (χ1) is 9.52. The summed E-state index contributed by atoms with van der Waals surface area (Å²) in [5.74, 6) is -0.525. The number of piperidine rings is 1. The van der Waals surface area contributed by atoms with Crippen LogP contribution in [0.25, 0.3) is 0 Å². The van der Waals surface area contributed by atoms with Gasteiger partial charge in [0.2, 0.25) is 5.91 Å². The Morgan fingerprint density at radius 2 is 2.10 bits per heavy atom. The molecule has 1 amide bonds. The molecule has 1 aromatic carbocycles. The SMILES string of the molecule is CNC(C)c1ccc(N2CCC(C(N)=O)CC2)c(F)c1. The Labute approximate surface area is 119 Å². The number of nitrogens with two attached hydrogens (primary N) is 1. The van der Waals surface area contributed by atoms with Crippen LogP contribution in [0.15, 0.2) is 18.2 Å². The van der Waals surface area contributed by atoms with Gasteiger partial charge in [0.05, 0.1) is 5.69 Å². The van der Waals surface area contributed by atoms with Crippen molar-refractivity contribution in [2.75, 3.05) is 25.0 Å². The average molecular weight is 279 g/mol. The van der Waals surface area contributed by atoms with Crippen molar-refractivity contribution in [3.05, 3.63) is 29.6 Å². The third-order valence-electron chi connectivity index (χ3n) is 4.14. The van der Waals surface area contributed by atoms with Crippen molar-refractivity contribution in [1.82, 2.24) is 5.32 Å². The van der Waals surface area contributed by atoms with Crippen LogP contribution < -0.4 is 16.0 Å². The van der Waals surface area contributed by atoms with E-state index in [1.165, 1.54) is 0 Å². The molecule has 0 spiro atoms. The lowest BCUT2D eigenvalue weighted by molar-refractivity contribution is -0.122. The van der Waals surface area contributed by atoms with E-state index in [0.29, 0.717) is 31.6 Å². The maximum absolute atomic E-state index is 14.2.